The Bertz CT molecular complexity index is 1610. The molecule has 1 aliphatic carbocycles. The molecule has 3 saturated heterocycles. The van der Waals surface area contributed by atoms with Crippen LogP contribution in [0.15, 0.2) is 71.4 Å². The van der Waals surface area contributed by atoms with E-state index in [-0.39, 0.29) is 42.3 Å². The number of allylic oxidation sites excluding steroid dienone is 2. The van der Waals surface area contributed by atoms with Gasteiger partial charge in [-0.2, -0.15) is 0 Å². The maximum atomic E-state index is 14.1. The van der Waals surface area contributed by atoms with Crippen molar-refractivity contribution in [3.05, 3.63) is 87.0 Å². The maximum Gasteiger partial charge on any atom is 0.316 e. The van der Waals surface area contributed by atoms with Crippen molar-refractivity contribution in [2.75, 3.05) is 13.2 Å². The third kappa shape index (κ3) is 7.69. The number of benzene rings is 1. The number of carbonyl (C=O) groups is 2. The smallest absolute Gasteiger partial charge is 0.316 e. The first-order valence-electron chi connectivity index (χ1n) is 18.4. The highest BCUT2D eigenvalue weighted by Crippen LogP contribution is 2.46. The summed E-state index contributed by atoms with van der Waals surface area (Å²) in [6.45, 7) is 10.4. The van der Waals surface area contributed by atoms with E-state index in [9.17, 15) is 24.8 Å². The van der Waals surface area contributed by atoms with Crippen molar-refractivity contribution in [3.8, 4) is 0 Å². The highest BCUT2D eigenvalue weighted by Gasteiger charge is 2.60. The molecule has 6 rings (SSSR count). The predicted octanol–water partition coefficient (Wildman–Crippen LogP) is 6.28. The third-order valence-electron chi connectivity index (χ3n) is 11.4. The van der Waals surface area contributed by atoms with Crippen molar-refractivity contribution in [1.82, 2.24) is 0 Å². The van der Waals surface area contributed by atoms with Crippen LogP contribution in [0.5, 0.6) is 0 Å². The van der Waals surface area contributed by atoms with Gasteiger partial charge in [-0.3, -0.25) is 19.7 Å². The van der Waals surface area contributed by atoms with Crippen molar-refractivity contribution in [3.63, 3.8) is 0 Å². The molecule has 51 heavy (non-hydrogen) atoms. The van der Waals surface area contributed by atoms with Crippen molar-refractivity contribution in [1.29, 1.82) is 0 Å². The number of nitrogens with zero attached hydrogens (tertiary/aromatic N) is 1. The molecule has 0 saturated carbocycles. The molecule has 1 aromatic carbocycles. The first-order chi connectivity index (χ1) is 24.3. The predicted molar refractivity (Wildman–Crippen MR) is 189 cm³/mol. The molecule has 1 aromatic rings. The molecule has 276 valence electrons. The summed E-state index contributed by atoms with van der Waals surface area (Å²) >= 11 is 0. The fraction of sp³-hybridized carbons (Fsp3) is 0.600. The second-order valence-electron chi connectivity index (χ2n) is 15.0. The monoisotopic (exact) mass is 705 g/mol. The number of rotatable bonds is 6. The van der Waals surface area contributed by atoms with Gasteiger partial charge in [0.05, 0.1) is 36.4 Å². The molecule has 4 aliphatic heterocycles. The van der Waals surface area contributed by atoms with Gasteiger partial charge in [0.2, 0.25) is 0 Å². The first-order valence-corrected chi connectivity index (χ1v) is 18.4. The van der Waals surface area contributed by atoms with Crippen LogP contribution in [-0.2, 0) is 39.7 Å². The number of hydrogen-bond acceptors (Lipinski definition) is 10. The molecule has 11 nitrogen and oxygen atoms in total. The van der Waals surface area contributed by atoms with Crippen LogP contribution in [0.3, 0.4) is 0 Å². The summed E-state index contributed by atoms with van der Waals surface area (Å²) in [5, 5.41) is 23.3. The average Bonchev–Trinajstić information content (AvgIpc) is 3.44. The summed E-state index contributed by atoms with van der Waals surface area (Å²) in [5.41, 5.74) is 0.894. The lowest BCUT2D eigenvalue weighted by Crippen LogP contribution is -2.57. The molecule has 10 atom stereocenters. The Morgan fingerprint density at radius 3 is 2.59 bits per heavy atom. The van der Waals surface area contributed by atoms with E-state index in [4.69, 9.17) is 23.7 Å². The molecule has 0 aromatic heterocycles. The van der Waals surface area contributed by atoms with Gasteiger partial charge in [0.15, 0.2) is 17.7 Å². The lowest BCUT2D eigenvalue weighted by molar-refractivity contribution is -0.384. The molecular formula is C40H51NO10. The lowest BCUT2D eigenvalue weighted by atomic mass is 9.71. The Balaban J connectivity index is 1.33. The van der Waals surface area contributed by atoms with E-state index in [1.54, 1.807) is 25.1 Å². The number of aliphatic hydroxyl groups is 1. The molecular weight excluding hydrogens is 654 g/mol. The van der Waals surface area contributed by atoms with E-state index in [1.807, 2.05) is 19.1 Å². The van der Waals surface area contributed by atoms with E-state index in [0.29, 0.717) is 55.8 Å². The first kappa shape index (κ1) is 37.3. The van der Waals surface area contributed by atoms with Crippen LogP contribution in [0.4, 0.5) is 5.69 Å². The highest BCUT2D eigenvalue weighted by atomic mass is 16.7. The van der Waals surface area contributed by atoms with E-state index >= 15 is 0 Å². The van der Waals surface area contributed by atoms with Crippen LogP contribution < -0.4 is 0 Å². The molecule has 0 unspecified atom stereocenters. The fourth-order valence-corrected chi connectivity index (χ4v) is 8.39. The topological polar surface area (TPSA) is 144 Å². The molecule has 1 N–H and O–H groups in total. The largest absolute Gasteiger partial charge is 0.462 e. The van der Waals surface area contributed by atoms with Crippen LogP contribution >= 0.6 is 0 Å². The number of Topliss-reactive ketones (excluding diaryl/α,β-unsaturated/α-hetero) is 1. The summed E-state index contributed by atoms with van der Waals surface area (Å²) < 4.78 is 32.1. The highest BCUT2D eigenvalue weighted by molar-refractivity contribution is 6.03. The molecule has 0 amide bonds. The molecule has 5 aliphatic rings. The number of fused-ring (bicyclic) bond motifs is 2. The zero-order valence-corrected chi connectivity index (χ0v) is 30.2. The van der Waals surface area contributed by atoms with E-state index in [2.05, 4.69) is 26.8 Å². The summed E-state index contributed by atoms with van der Waals surface area (Å²) in [5.74, 6) is -2.70. The summed E-state index contributed by atoms with van der Waals surface area (Å²) in [4.78, 5) is 38.0. The Morgan fingerprint density at radius 1 is 1.10 bits per heavy atom. The van der Waals surface area contributed by atoms with Gasteiger partial charge in [0.25, 0.3) is 5.69 Å². The van der Waals surface area contributed by atoms with Gasteiger partial charge in [-0.15, -0.1) is 0 Å². The number of carbonyl (C=O) groups excluding carboxylic acids is 2. The second kappa shape index (κ2) is 15.2. The minimum atomic E-state index is -1.89. The van der Waals surface area contributed by atoms with Crippen molar-refractivity contribution in [2.45, 2.75) is 121 Å². The Hall–Kier alpha value is -3.48. The van der Waals surface area contributed by atoms with Gasteiger partial charge >= 0.3 is 5.97 Å². The number of non-ortho nitro benzene ring substituents is 1. The Labute approximate surface area is 299 Å². The van der Waals surface area contributed by atoms with Gasteiger partial charge in [-0.1, -0.05) is 63.3 Å². The van der Waals surface area contributed by atoms with Gasteiger partial charge < -0.3 is 28.8 Å². The van der Waals surface area contributed by atoms with Gasteiger partial charge in [-0.05, 0) is 67.7 Å². The number of nitro benzene ring substituents is 1. The fourth-order valence-electron chi connectivity index (χ4n) is 8.39. The van der Waals surface area contributed by atoms with Gasteiger partial charge in [0, 0.05) is 37.3 Å². The van der Waals surface area contributed by atoms with E-state index in [0.717, 1.165) is 24.0 Å². The second-order valence-corrected chi connectivity index (χ2v) is 15.0. The molecule has 4 heterocycles. The Kier molecular flexibility index (Phi) is 11.1. The summed E-state index contributed by atoms with van der Waals surface area (Å²) in [6, 6.07) is 6.49. The quantitative estimate of drug-likeness (QED) is 0.156. The van der Waals surface area contributed by atoms with Gasteiger partial charge in [0.1, 0.15) is 17.6 Å². The number of nitro groups is 1. The van der Waals surface area contributed by atoms with E-state index in [1.165, 1.54) is 18.2 Å². The Morgan fingerprint density at radius 2 is 1.86 bits per heavy atom. The normalized spacial score (nSPS) is 39.9. The van der Waals surface area contributed by atoms with Gasteiger partial charge in [-0.25, -0.2) is 0 Å². The van der Waals surface area contributed by atoms with Crippen LogP contribution in [0.2, 0.25) is 0 Å². The standard InChI is InChI=1S/C40H51NO10/c1-6-34-24(2)16-18-39(51-34)22-32-21-31(50-39)15-10-26(4)36(47-19-17-28-11-13-30(14-12-28)41(45)46)25(3)8-7-9-29-23-48-37-35(42)27(5)20-33(38(43)49-32)40(29,37)44/h7-14,20,24-25,31-34,36-37,44H,6,15-19,21-23H2,1-5H3/b8-7+,26-10+,29-9+/t24-,25-,31+,32-,33-,34+,36+,37+,39+,40+/m0/s1. The number of ketones is 1. The average molecular weight is 706 g/mol. The molecule has 0 radical (unpaired) electrons. The number of esters is 1. The van der Waals surface area contributed by atoms with Crippen LogP contribution in [-0.4, -0.2) is 76.9 Å². The van der Waals surface area contributed by atoms with Crippen molar-refractivity contribution >= 4 is 17.4 Å². The summed E-state index contributed by atoms with van der Waals surface area (Å²) in [6.07, 6.45) is 11.3. The van der Waals surface area contributed by atoms with Crippen LogP contribution in [0.1, 0.15) is 78.7 Å². The molecule has 11 heteroatoms. The minimum absolute atomic E-state index is 0.00247. The zero-order chi connectivity index (χ0) is 36.5. The van der Waals surface area contributed by atoms with Crippen LogP contribution in [0.25, 0.3) is 0 Å². The third-order valence-corrected chi connectivity index (χ3v) is 11.4. The maximum absolute atomic E-state index is 14.1. The zero-order valence-electron chi connectivity index (χ0n) is 30.2. The van der Waals surface area contributed by atoms with Crippen molar-refractivity contribution in [2.24, 2.45) is 17.8 Å². The summed E-state index contributed by atoms with van der Waals surface area (Å²) in [7, 11) is 0. The molecule has 1 spiro atoms. The van der Waals surface area contributed by atoms with Crippen molar-refractivity contribution < 1.29 is 43.3 Å². The molecule has 3 fully saturated rings. The SMILES string of the molecule is CC[C@H]1O[C@]2(CC[C@@H]1C)C[C@@H]1C[C@@H](C/C=C(\C)[C@H](OCCc3ccc([N+](=O)[O-])cc3)[C@@H](C)/C=C/C=C3\CO[C@@H]4C(=O)C(C)=C[C@@H](C(=O)O1)[C@]34O)O2. The number of ether oxygens (including phenoxy) is 5. The lowest BCUT2D eigenvalue weighted by Gasteiger charge is -2.49. The van der Waals surface area contributed by atoms with E-state index < -0.39 is 40.4 Å². The van der Waals surface area contributed by atoms with Crippen LogP contribution in [0, 0.1) is 27.9 Å². The number of hydrogen-bond donors (Lipinski definition) is 1. The minimum Gasteiger partial charge on any atom is -0.462 e. The molecule has 2 bridgehead atoms.